The first-order valence-electron chi connectivity index (χ1n) is 4.06. The molecule has 0 saturated heterocycles. The van der Waals surface area contributed by atoms with Crippen molar-refractivity contribution in [3.8, 4) is 0 Å². The van der Waals surface area contributed by atoms with Crippen LogP contribution in [0.15, 0.2) is 17.5 Å². The molecule has 0 amide bonds. The normalized spacial score (nSPS) is 10.4. The molecular formula is C9H10O4S. The summed E-state index contributed by atoms with van der Waals surface area (Å²) in [6.07, 6.45) is -0.264. The van der Waals surface area contributed by atoms with Gasteiger partial charge >= 0.3 is 11.9 Å². The van der Waals surface area contributed by atoms with Gasteiger partial charge in [-0.25, -0.2) is 0 Å². The summed E-state index contributed by atoms with van der Waals surface area (Å²) in [7, 11) is 0. The Bertz CT molecular complexity index is 302. The highest BCUT2D eigenvalue weighted by Gasteiger charge is 2.19. The van der Waals surface area contributed by atoms with Crippen LogP contribution in [0.1, 0.15) is 23.6 Å². The molecule has 0 saturated carbocycles. The van der Waals surface area contributed by atoms with E-state index < -0.39 is 17.9 Å². The van der Waals surface area contributed by atoms with Gasteiger partial charge in [0.05, 0.1) is 12.8 Å². The lowest BCUT2D eigenvalue weighted by molar-refractivity contribution is -0.139. The van der Waals surface area contributed by atoms with Crippen molar-refractivity contribution in [1.82, 2.24) is 0 Å². The molecule has 1 heterocycles. The molecule has 1 aromatic heterocycles. The summed E-state index contributed by atoms with van der Waals surface area (Å²) in [5.41, 5.74) is 0. The van der Waals surface area contributed by atoms with Crippen molar-refractivity contribution in [2.24, 2.45) is 0 Å². The van der Waals surface area contributed by atoms with E-state index in [1.54, 1.807) is 12.1 Å². The first kappa shape index (κ1) is 10.7. The number of rotatable bonds is 5. The SMILES string of the molecule is O=C(O)CC(CC(=O)O)c1cccs1. The Balaban J connectivity index is 2.71. The van der Waals surface area contributed by atoms with Crippen LogP contribution >= 0.6 is 11.3 Å². The van der Waals surface area contributed by atoms with Crippen LogP contribution in [0.5, 0.6) is 0 Å². The molecule has 0 radical (unpaired) electrons. The van der Waals surface area contributed by atoms with E-state index in [0.29, 0.717) is 0 Å². The van der Waals surface area contributed by atoms with E-state index in [1.807, 2.05) is 5.38 Å². The van der Waals surface area contributed by atoms with Crippen molar-refractivity contribution >= 4 is 23.3 Å². The summed E-state index contributed by atoms with van der Waals surface area (Å²) in [6.45, 7) is 0. The molecule has 0 aliphatic rings. The van der Waals surface area contributed by atoms with Crippen molar-refractivity contribution in [1.29, 1.82) is 0 Å². The quantitative estimate of drug-likeness (QED) is 0.783. The van der Waals surface area contributed by atoms with Crippen LogP contribution in [0, 0.1) is 0 Å². The number of thiophene rings is 1. The van der Waals surface area contributed by atoms with E-state index >= 15 is 0 Å². The van der Waals surface area contributed by atoms with E-state index in [4.69, 9.17) is 10.2 Å². The van der Waals surface area contributed by atoms with Crippen LogP contribution in [0.2, 0.25) is 0 Å². The van der Waals surface area contributed by atoms with Crippen LogP contribution in [-0.2, 0) is 9.59 Å². The van der Waals surface area contributed by atoms with Crippen LogP contribution in [0.3, 0.4) is 0 Å². The van der Waals surface area contributed by atoms with E-state index in [-0.39, 0.29) is 12.8 Å². The molecule has 0 aliphatic heterocycles. The van der Waals surface area contributed by atoms with Gasteiger partial charge in [0.15, 0.2) is 0 Å². The van der Waals surface area contributed by atoms with E-state index in [0.717, 1.165) is 4.88 Å². The number of hydrogen-bond acceptors (Lipinski definition) is 3. The van der Waals surface area contributed by atoms with Gasteiger partial charge in [0.1, 0.15) is 0 Å². The summed E-state index contributed by atoms with van der Waals surface area (Å²) < 4.78 is 0. The minimum absolute atomic E-state index is 0.132. The lowest BCUT2D eigenvalue weighted by atomic mass is 10.00. The van der Waals surface area contributed by atoms with E-state index in [2.05, 4.69) is 0 Å². The first-order chi connectivity index (χ1) is 6.59. The lowest BCUT2D eigenvalue weighted by Gasteiger charge is -2.09. The van der Waals surface area contributed by atoms with Crippen LogP contribution in [0.4, 0.5) is 0 Å². The topological polar surface area (TPSA) is 74.6 Å². The molecule has 0 aromatic carbocycles. The van der Waals surface area contributed by atoms with Crippen molar-refractivity contribution in [2.75, 3.05) is 0 Å². The maximum atomic E-state index is 10.5. The highest BCUT2D eigenvalue weighted by atomic mass is 32.1. The second-order valence-electron chi connectivity index (χ2n) is 2.91. The maximum Gasteiger partial charge on any atom is 0.304 e. The minimum atomic E-state index is -0.968. The van der Waals surface area contributed by atoms with Gasteiger partial charge in [-0.2, -0.15) is 0 Å². The fourth-order valence-corrected chi connectivity index (χ4v) is 2.05. The number of carbonyl (C=O) groups is 2. The largest absolute Gasteiger partial charge is 0.481 e. The Morgan fingerprint density at radius 2 is 1.86 bits per heavy atom. The molecule has 76 valence electrons. The van der Waals surface area contributed by atoms with Gasteiger partial charge in [0, 0.05) is 10.8 Å². The third-order valence-electron chi connectivity index (χ3n) is 1.79. The van der Waals surface area contributed by atoms with Crippen molar-refractivity contribution in [3.05, 3.63) is 22.4 Å². The molecule has 2 N–H and O–H groups in total. The Morgan fingerprint density at radius 3 is 2.21 bits per heavy atom. The fraction of sp³-hybridized carbons (Fsp3) is 0.333. The van der Waals surface area contributed by atoms with Crippen molar-refractivity contribution < 1.29 is 19.8 Å². The van der Waals surface area contributed by atoms with Gasteiger partial charge in [-0.15, -0.1) is 11.3 Å². The predicted molar refractivity (Wildman–Crippen MR) is 51.6 cm³/mol. The molecule has 1 aromatic rings. The Morgan fingerprint density at radius 1 is 1.29 bits per heavy atom. The standard InChI is InChI=1S/C9H10O4S/c10-8(11)4-6(5-9(12)13)7-2-1-3-14-7/h1-3,6H,4-5H2,(H,10,11)(H,12,13). The fourth-order valence-electron chi connectivity index (χ4n) is 1.22. The minimum Gasteiger partial charge on any atom is -0.481 e. The van der Waals surface area contributed by atoms with Gasteiger partial charge in [0.25, 0.3) is 0 Å². The second kappa shape index (κ2) is 4.76. The Hall–Kier alpha value is -1.36. The second-order valence-corrected chi connectivity index (χ2v) is 3.89. The number of carboxylic acid groups (broad SMARTS) is 2. The van der Waals surface area contributed by atoms with Crippen molar-refractivity contribution in [3.63, 3.8) is 0 Å². The average molecular weight is 214 g/mol. The summed E-state index contributed by atoms with van der Waals surface area (Å²) in [5, 5.41) is 19.0. The number of carboxylic acids is 2. The summed E-state index contributed by atoms with van der Waals surface area (Å²) in [6, 6.07) is 3.55. The molecule has 4 nitrogen and oxygen atoms in total. The van der Waals surface area contributed by atoms with Crippen LogP contribution < -0.4 is 0 Å². The molecule has 1 rings (SSSR count). The molecule has 0 bridgehead atoms. The van der Waals surface area contributed by atoms with E-state index in [1.165, 1.54) is 11.3 Å². The number of hydrogen-bond donors (Lipinski definition) is 2. The average Bonchev–Trinajstić information content (AvgIpc) is 2.52. The summed E-state index contributed by atoms with van der Waals surface area (Å²) >= 11 is 1.39. The highest BCUT2D eigenvalue weighted by Crippen LogP contribution is 2.27. The molecule has 14 heavy (non-hydrogen) atoms. The van der Waals surface area contributed by atoms with E-state index in [9.17, 15) is 9.59 Å². The smallest absolute Gasteiger partial charge is 0.304 e. The maximum absolute atomic E-state index is 10.5. The third kappa shape index (κ3) is 3.18. The Kier molecular flexibility index (Phi) is 3.64. The monoisotopic (exact) mass is 214 g/mol. The van der Waals surface area contributed by atoms with Gasteiger partial charge in [0.2, 0.25) is 0 Å². The number of aliphatic carboxylic acids is 2. The molecular weight excluding hydrogens is 204 g/mol. The van der Waals surface area contributed by atoms with Crippen LogP contribution in [0.25, 0.3) is 0 Å². The molecule has 0 spiro atoms. The van der Waals surface area contributed by atoms with Gasteiger partial charge in [-0.1, -0.05) is 6.07 Å². The molecule has 0 aliphatic carbocycles. The predicted octanol–water partition coefficient (Wildman–Crippen LogP) is 1.78. The third-order valence-corrected chi connectivity index (χ3v) is 2.82. The van der Waals surface area contributed by atoms with Gasteiger partial charge < -0.3 is 10.2 Å². The molecule has 0 atom stereocenters. The van der Waals surface area contributed by atoms with Gasteiger partial charge in [-0.3, -0.25) is 9.59 Å². The van der Waals surface area contributed by atoms with Crippen LogP contribution in [-0.4, -0.2) is 22.2 Å². The molecule has 0 fully saturated rings. The zero-order chi connectivity index (χ0) is 10.6. The van der Waals surface area contributed by atoms with Crippen molar-refractivity contribution in [2.45, 2.75) is 18.8 Å². The Labute approximate surface area is 84.8 Å². The first-order valence-corrected chi connectivity index (χ1v) is 4.94. The highest BCUT2D eigenvalue weighted by molar-refractivity contribution is 7.10. The molecule has 5 heteroatoms. The lowest BCUT2D eigenvalue weighted by Crippen LogP contribution is -2.09. The zero-order valence-corrected chi connectivity index (χ0v) is 8.16. The molecule has 0 unspecified atom stereocenters. The van der Waals surface area contributed by atoms with Gasteiger partial charge in [-0.05, 0) is 11.4 Å². The zero-order valence-electron chi connectivity index (χ0n) is 7.34. The summed E-state index contributed by atoms with van der Waals surface area (Å²) in [5.74, 6) is -2.35. The summed E-state index contributed by atoms with van der Waals surface area (Å²) in [4.78, 5) is 21.8.